The van der Waals surface area contributed by atoms with Crippen molar-refractivity contribution in [1.29, 1.82) is 0 Å². The van der Waals surface area contributed by atoms with Crippen LogP contribution in [-0.4, -0.2) is 81.3 Å². The van der Waals surface area contributed by atoms with Gasteiger partial charge in [0.25, 0.3) is 0 Å². The van der Waals surface area contributed by atoms with E-state index in [1.54, 1.807) is 0 Å². The number of carbonyl (C=O) groups is 3. The maximum absolute atomic E-state index is 11.7. The molecule has 0 aliphatic carbocycles. The average molecular weight is 335 g/mol. The molecule has 0 aromatic rings. The van der Waals surface area contributed by atoms with Gasteiger partial charge in [-0.3, -0.25) is 9.59 Å². The highest BCUT2D eigenvalue weighted by atomic mass is 16.5. The van der Waals surface area contributed by atoms with Crippen LogP contribution in [0.3, 0.4) is 0 Å². The Balaban J connectivity index is 3.18. The predicted octanol–water partition coefficient (Wildman–Crippen LogP) is -4.51. The van der Waals surface area contributed by atoms with Crippen LogP contribution in [0.15, 0.2) is 0 Å². The molecule has 0 aromatic heterocycles. The molecule has 1 heterocycles. The van der Waals surface area contributed by atoms with Gasteiger partial charge >= 0.3 is 5.97 Å². The average Bonchev–Trinajstić information content (AvgIpc) is 2.45. The van der Waals surface area contributed by atoms with Crippen LogP contribution in [-0.2, 0) is 19.1 Å². The summed E-state index contributed by atoms with van der Waals surface area (Å²) in [6, 6.07) is -3.11. The van der Waals surface area contributed by atoms with Gasteiger partial charge in [0.1, 0.15) is 24.4 Å². The predicted molar refractivity (Wildman–Crippen MR) is 73.7 cm³/mol. The second-order valence-corrected chi connectivity index (χ2v) is 5.32. The number of hydrogen-bond donors (Lipinski definition) is 7. The molecule has 0 aromatic carbocycles. The van der Waals surface area contributed by atoms with Crippen molar-refractivity contribution < 1.29 is 39.5 Å². The Morgan fingerprint density at radius 3 is 2.22 bits per heavy atom. The van der Waals surface area contributed by atoms with Crippen molar-refractivity contribution in [1.82, 2.24) is 5.32 Å². The summed E-state index contributed by atoms with van der Waals surface area (Å²) in [5.74, 6) is -5.04. The fourth-order valence-corrected chi connectivity index (χ4v) is 2.53. The first-order chi connectivity index (χ1) is 10.6. The molecule has 7 atom stereocenters. The number of carboxylic acid groups (broad SMARTS) is 1. The third kappa shape index (κ3) is 4.14. The Hall–Kier alpha value is -1.79. The molecular weight excluding hydrogens is 314 g/mol. The van der Waals surface area contributed by atoms with Crippen LogP contribution in [0.4, 0.5) is 0 Å². The molecule has 23 heavy (non-hydrogen) atoms. The summed E-state index contributed by atoms with van der Waals surface area (Å²) in [5, 5.41) is 40.1. The molecule has 1 rings (SSSR count). The summed E-state index contributed by atoms with van der Waals surface area (Å²) in [5.41, 5.74) is 10.9. The highest BCUT2D eigenvalue weighted by molar-refractivity contribution is 5.89. The second-order valence-electron chi connectivity index (χ2n) is 5.32. The Labute approximate surface area is 131 Å². The molecular formula is C12H21N3O8. The van der Waals surface area contributed by atoms with Crippen molar-refractivity contribution in [3.63, 3.8) is 0 Å². The van der Waals surface area contributed by atoms with Crippen molar-refractivity contribution in [2.75, 3.05) is 6.61 Å². The first-order valence-corrected chi connectivity index (χ1v) is 6.79. The zero-order chi connectivity index (χ0) is 17.9. The van der Waals surface area contributed by atoms with Crippen molar-refractivity contribution in [2.45, 2.75) is 43.4 Å². The number of ether oxygens (including phenoxy) is 1. The lowest BCUT2D eigenvalue weighted by atomic mass is 9.82. The molecule has 9 N–H and O–H groups in total. The molecule has 11 heteroatoms. The van der Waals surface area contributed by atoms with Gasteiger partial charge in [0.2, 0.25) is 11.8 Å². The van der Waals surface area contributed by atoms with Crippen LogP contribution >= 0.6 is 0 Å². The number of aliphatic hydroxyl groups excluding tert-OH is 3. The van der Waals surface area contributed by atoms with Gasteiger partial charge in [-0.25, -0.2) is 4.79 Å². The van der Waals surface area contributed by atoms with Gasteiger partial charge in [0.15, 0.2) is 0 Å². The van der Waals surface area contributed by atoms with Gasteiger partial charge in [-0.15, -0.1) is 0 Å². The largest absolute Gasteiger partial charge is 0.480 e. The van der Waals surface area contributed by atoms with Crippen LogP contribution in [0, 0.1) is 5.92 Å². The van der Waals surface area contributed by atoms with Crippen LogP contribution in [0.2, 0.25) is 0 Å². The maximum Gasteiger partial charge on any atom is 0.327 e. The number of carbonyl (C=O) groups excluding carboxylic acids is 2. The number of rotatable bonds is 6. The van der Waals surface area contributed by atoms with E-state index in [9.17, 15) is 29.7 Å². The number of hydrogen-bond acceptors (Lipinski definition) is 8. The Morgan fingerprint density at radius 1 is 1.26 bits per heavy atom. The van der Waals surface area contributed by atoms with E-state index in [1.807, 2.05) is 0 Å². The van der Waals surface area contributed by atoms with Gasteiger partial charge < -0.3 is 41.9 Å². The Morgan fingerprint density at radius 2 is 1.83 bits per heavy atom. The minimum Gasteiger partial charge on any atom is -0.480 e. The van der Waals surface area contributed by atoms with E-state index < -0.39 is 66.8 Å². The molecule has 11 nitrogen and oxygen atoms in total. The summed E-state index contributed by atoms with van der Waals surface area (Å²) in [6.07, 6.45) is -5.83. The van der Waals surface area contributed by atoms with Crippen LogP contribution in [0.1, 0.15) is 6.92 Å². The molecule has 1 aliphatic rings. The number of nitrogens with one attached hydrogen (secondary N) is 1. The second kappa shape index (κ2) is 7.66. The van der Waals surface area contributed by atoms with E-state index in [2.05, 4.69) is 5.32 Å². The monoisotopic (exact) mass is 335 g/mol. The number of carboxylic acids is 1. The summed E-state index contributed by atoms with van der Waals surface area (Å²) in [4.78, 5) is 34.2. The van der Waals surface area contributed by atoms with Crippen LogP contribution < -0.4 is 16.8 Å². The van der Waals surface area contributed by atoms with E-state index in [4.69, 9.17) is 21.3 Å². The van der Waals surface area contributed by atoms with Crippen LogP contribution in [0.25, 0.3) is 0 Å². The fraction of sp³-hybridized carbons (Fsp3) is 0.750. The Kier molecular flexibility index (Phi) is 6.41. The zero-order valence-corrected chi connectivity index (χ0v) is 12.3. The van der Waals surface area contributed by atoms with Gasteiger partial charge in [0.05, 0.1) is 24.7 Å². The fourth-order valence-electron chi connectivity index (χ4n) is 2.53. The van der Waals surface area contributed by atoms with E-state index >= 15 is 0 Å². The van der Waals surface area contributed by atoms with Crippen molar-refractivity contribution >= 4 is 17.8 Å². The van der Waals surface area contributed by atoms with E-state index in [0.29, 0.717) is 0 Å². The summed E-state index contributed by atoms with van der Waals surface area (Å²) < 4.78 is 5.27. The zero-order valence-electron chi connectivity index (χ0n) is 12.3. The summed E-state index contributed by atoms with van der Waals surface area (Å²) >= 11 is 0. The number of aliphatic hydroxyl groups is 3. The molecule has 132 valence electrons. The molecule has 0 radical (unpaired) electrons. The van der Waals surface area contributed by atoms with Gasteiger partial charge in [-0.2, -0.15) is 0 Å². The van der Waals surface area contributed by atoms with Crippen molar-refractivity contribution in [2.24, 2.45) is 17.4 Å². The van der Waals surface area contributed by atoms with Gasteiger partial charge in [-0.1, -0.05) is 0 Å². The molecule has 2 unspecified atom stereocenters. The Bertz CT molecular complexity index is 471. The van der Waals surface area contributed by atoms with E-state index in [0.717, 1.165) is 6.92 Å². The van der Waals surface area contributed by atoms with Gasteiger partial charge in [-0.05, 0) is 0 Å². The minimum atomic E-state index is -1.75. The first kappa shape index (κ1) is 19.3. The molecule has 0 saturated carbocycles. The molecule has 1 fully saturated rings. The topological polar surface area (TPSA) is 205 Å². The maximum atomic E-state index is 11.7. The molecule has 0 bridgehead atoms. The lowest BCUT2D eigenvalue weighted by Crippen LogP contribution is -2.68. The van der Waals surface area contributed by atoms with Crippen molar-refractivity contribution in [3.05, 3.63) is 0 Å². The van der Waals surface area contributed by atoms with E-state index in [1.165, 1.54) is 0 Å². The molecule has 0 spiro atoms. The highest BCUT2D eigenvalue weighted by Crippen LogP contribution is 2.27. The quantitative estimate of drug-likeness (QED) is 0.249. The third-order valence-corrected chi connectivity index (χ3v) is 3.68. The minimum absolute atomic E-state index is 0.704. The standard InChI is InChI=1S/C12H21N3O8/c1-3(17)15-7(12(21)22)5(11(14)20)10-6(13)9(19)8(18)4(2-16)23-10/h4-10,16,18-19H,2,13H2,1H3,(H2,14,20)(H,15,17)(H,21,22)/t4-,5?,6-,7+,8-,9-,10?/m1/s1. The van der Waals surface area contributed by atoms with Gasteiger partial charge in [0, 0.05) is 6.92 Å². The normalized spacial score (nSPS) is 33.5. The third-order valence-electron chi connectivity index (χ3n) is 3.68. The number of amides is 2. The SMILES string of the molecule is CC(=O)N[C@H](C(=O)O)C(C(N)=O)C1O[C@H](CO)[C@@H](O)[C@H](O)[C@H]1N. The molecule has 1 saturated heterocycles. The number of nitrogens with two attached hydrogens (primary N) is 2. The lowest BCUT2D eigenvalue weighted by molar-refractivity contribution is -0.205. The number of primary amides is 1. The lowest BCUT2D eigenvalue weighted by Gasteiger charge is -2.44. The smallest absolute Gasteiger partial charge is 0.327 e. The molecule has 2 amide bonds. The van der Waals surface area contributed by atoms with E-state index in [-0.39, 0.29) is 0 Å². The number of aliphatic carboxylic acids is 1. The van der Waals surface area contributed by atoms with Crippen LogP contribution in [0.5, 0.6) is 0 Å². The summed E-state index contributed by atoms with van der Waals surface area (Å²) in [7, 11) is 0. The van der Waals surface area contributed by atoms with Crippen molar-refractivity contribution in [3.8, 4) is 0 Å². The first-order valence-electron chi connectivity index (χ1n) is 6.79. The highest BCUT2D eigenvalue weighted by Gasteiger charge is 2.50. The molecule has 1 aliphatic heterocycles. The summed E-state index contributed by atoms with van der Waals surface area (Å²) in [6.45, 7) is 0.343.